The zero-order valence-electron chi connectivity index (χ0n) is 34.0. The molecule has 0 N–H and O–H groups in total. The van der Waals surface area contributed by atoms with Gasteiger partial charge in [0.2, 0.25) is 0 Å². The van der Waals surface area contributed by atoms with Crippen molar-refractivity contribution in [3.8, 4) is 0 Å². The van der Waals surface area contributed by atoms with Gasteiger partial charge in [-0.25, -0.2) is 0 Å². The van der Waals surface area contributed by atoms with Crippen molar-refractivity contribution in [2.45, 2.75) is 233 Å². The molecule has 0 rings (SSSR count). The maximum Gasteiger partial charge on any atom is 2.00 e. The van der Waals surface area contributed by atoms with E-state index in [1.807, 2.05) is 0 Å². The van der Waals surface area contributed by atoms with Crippen LogP contribution in [0.1, 0.15) is 221 Å². The minimum Gasteiger partial charge on any atom is -0.550 e. The topological polar surface area (TPSA) is 86.7 Å². The smallest absolute Gasteiger partial charge is 0.550 e. The molecule has 6 nitrogen and oxygen atoms in total. The number of carbonyl (C=O) groups is 2. The molecule has 0 bridgehead atoms. The molecular weight excluding hydrogens is 637 g/mol. The third kappa shape index (κ3) is 37.7. The number of unbranched alkanes of at least 4 members (excludes halogenated alkanes) is 20. The number of nitrogens with zero attached hydrogens (tertiary/aromatic N) is 2. The van der Waals surface area contributed by atoms with Crippen LogP contribution in [0.5, 0.6) is 0 Å². The van der Waals surface area contributed by atoms with Crippen molar-refractivity contribution < 1.29 is 19.8 Å². The van der Waals surface area contributed by atoms with Gasteiger partial charge >= 0.3 is 37.7 Å². The van der Waals surface area contributed by atoms with Crippen LogP contribution in [0.4, 0.5) is 0 Å². The second-order valence-corrected chi connectivity index (χ2v) is 14.4. The summed E-state index contributed by atoms with van der Waals surface area (Å²) in [5.41, 5.74) is 0. The fraction of sp³-hybridized carbons (Fsp3) is 0.952. The number of hydrogen-bond donors (Lipinski definition) is 0. The summed E-state index contributed by atoms with van der Waals surface area (Å²) in [6.07, 6.45) is 33.2. The molecule has 0 saturated heterocycles. The molecule has 0 amide bonds. The second-order valence-electron chi connectivity index (χ2n) is 14.4. The molecule has 49 heavy (non-hydrogen) atoms. The van der Waals surface area contributed by atoms with Crippen LogP contribution in [0.3, 0.4) is 0 Å². The van der Waals surface area contributed by atoms with Crippen molar-refractivity contribution in [3.05, 3.63) is 0 Å². The van der Waals surface area contributed by atoms with Gasteiger partial charge in [-0.15, -0.1) is 0 Å². The largest absolute Gasteiger partial charge is 2.00 e. The maximum absolute atomic E-state index is 11.0. The predicted molar refractivity (Wildman–Crippen MR) is 210 cm³/mol. The van der Waals surface area contributed by atoms with Crippen LogP contribution in [0.25, 0.3) is 0 Å². The molecule has 0 fully saturated rings. The average molecular weight is 721 g/mol. The van der Waals surface area contributed by atoms with Gasteiger partial charge in [0.15, 0.2) is 0 Å². The molecule has 0 aliphatic heterocycles. The van der Waals surface area contributed by atoms with Crippen LogP contribution in [0, 0.1) is 0 Å². The van der Waals surface area contributed by atoms with Gasteiger partial charge in [-0.2, -0.15) is 0 Å². The van der Waals surface area contributed by atoms with Crippen molar-refractivity contribution in [1.29, 1.82) is 0 Å². The van der Waals surface area contributed by atoms with Gasteiger partial charge in [0.25, 0.3) is 0 Å². The Bertz CT molecular complexity index is 593. The Morgan fingerprint density at radius 3 is 0.776 bits per heavy atom. The summed E-state index contributed by atoms with van der Waals surface area (Å²) in [5.74, 6) is -1.81. The second kappa shape index (κ2) is 42.5. The van der Waals surface area contributed by atoms with E-state index in [2.05, 4.69) is 51.3 Å². The van der Waals surface area contributed by atoms with Gasteiger partial charge in [-0.3, -0.25) is 0 Å². The van der Waals surface area contributed by atoms with Crippen molar-refractivity contribution in [1.82, 2.24) is 9.80 Å². The summed E-state index contributed by atoms with van der Waals surface area (Å²) in [6.45, 7) is 17.4. The Labute approximate surface area is 336 Å². The van der Waals surface area contributed by atoms with Crippen LogP contribution in [0.15, 0.2) is 0 Å². The number of hydrogen-bond acceptors (Lipinski definition) is 6. The molecule has 0 aromatic carbocycles. The van der Waals surface area contributed by atoms with E-state index < -0.39 is 11.9 Å². The zero-order valence-corrected chi connectivity index (χ0v) is 36.2. The molecular formula is C42H84CaN2O4. The summed E-state index contributed by atoms with van der Waals surface area (Å²) in [5, 5.41) is 22.1. The Kier molecular flexibility index (Phi) is 46.4. The molecule has 0 aromatic rings. The first-order valence-electron chi connectivity index (χ1n) is 21.2. The Morgan fingerprint density at radius 1 is 0.388 bits per heavy atom. The standard InChI is InChI=1S/2C21H43NO2.Ca/c2*1-4-7-9-11-13-15-17-22(20(6-3)19-21(23)24)18-16-14-12-10-8-5-2;/h2*20H,4-19H2,1-3H3,(H,23,24);/q;;+2/p-2. The van der Waals surface area contributed by atoms with E-state index >= 15 is 0 Å². The van der Waals surface area contributed by atoms with Crippen LogP contribution < -0.4 is 10.2 Å². The summed E-state index contributed by atoms with van der Waals surface area (Å²) in [7, 11) is 0. The Morgan fingerprint density at radius 2 is 0.592 bits per heavy atom. The summed E-state index contributed by atoms with van der Waals surface area (Å²) in [6, 6.07) is 0.308. The zero-order chi connectivity index (χ0) is 36.1. The first-order chi connectivity index (χ1) is 23.3. The fourth-order valence-electron chi connectivity index (χ4n) is 6.78. The van der Waals surface area contributed by atoms with Crippen LogP contribution >= 0.6 is 0 Å². The molecule has 7 heteroatoms. The van der Waals surface area contributed by atoms with E-state index in [-0.39, 0.29) is 62.7 Å². The molecule has 2 atom stereocenters. The van der Waals surface area contributed by atoms with Gasteiger partial charge in [0.1, 0.15) is 0 Å². The van der Waals surface area contributed by atoms with Gasteiger partial charge in [-0.05, 0) is 64.7 Å². The molecule has 0 heterocycles. The minimum absolute atomic E-state index is 0. The third-order valence-corrected chi connectivity index (χ3v) is 9.98. The van der Waals surface area contributed by atoms with E-state index in [1.54, 1.807) is 0 Å². The van der Waals surface area contributed by atoms with Crippen LogP contribution in [0.2, 0.25) is 0 Å². The molecule has 0 aromatic heterocycles. The summed E-state index contributed by atoms with van der Waals surface area (Å²) in [4.78, 5) is 26.9. The van der Waals surface area contributed by atoms with Crippen molar-refractivity contribution in [3.63, 3.8) is 0 Å². The van der Waals surface area contributed by atoms with E-state index in [9.17, 15) is 19.8 Å². The monoisotopic (exact) mass is 721 g/mol. The Hall–Kier alpha value is 0.120. The average Bonchev–Trinajstić information content (AvgIpc) is 3.07. The molecule has 288 valence electrons. The SMILES string of the molecule is CCCCCCCCN(CCCCCCCC)C(CC)CC(=O)[O-].CCCCCCCCN(CCCCCCCC)C(CC)CC(=O)[O-].[Ca+2]. The molecule has 0 spiro atoms. The first kappa shape index (κ1) is 53.5. The van der Waals surface area contributed by atoms with Crippen molar-refractivity contribution in [2.75, 3.05) is 26.2 Å². The molecule has 0 saturated carbocycles. The number of carboxylic acid groups (broad SMARTS) is 2. The minimum atomic E-state index is -0.905. The van der Waals surface area contributed by atoms with Gasteiger partial charge in [0, 0.05) is 36.9 Å². The van der Waals surface area contributed by atoms with Gasteiger partial charge in [0.05, 0.1) is 0 Å². The molecule has 0 radical (unpaired) electrons. The van der Waals surface area contributed by atoms with Crippen molar-refractivity contribution in [2.24, 2.45) is 0 Å². The quantitative estimate of drug-likeness (QED) is 0.0474. The first-order valence-corrected chi connectivity index (χ1v) is 21.2. The molecule has 0 aliphatic carbocycles. The van der Waals surface area contributed by atoms with Gasteiger partial charge < -0.3 is 29.6 Å². The summed E-state index contributed by atoms with van der Waals surface area (Å²) < 4.78 is 0. The molecule has 0 aliphatic rings. The number of rotatable bonds is 36. The van der Waals surface area contributed by atoms with Crippen LogP contribution in [-0.4, -0.2) is 97.7 Å². The fourth-order valence-corrected chi connectivity index (χ4v) is 6.78. The summed E-state index contributed by atoms with van der Waals surface area (Å²) >= 11 is 0. The number of aliphatic carboxylic acids is 2. The van der Waals surface area contributed by atoms with Crippen LogP contribution in [-0.2, 0) is 9.59 Å². The van der Waals surface area contributed by atoms with Crippen molar-refractivity contribution >= 4 is 49.7 Å². The Balaban J connectivity index is -0.000000846. The van der Waals surface area contributed by atoms with Gasteiger partial charge in [-0.1, -0.05) is 170 Å². The van der Waals surface area contributed by atoms with E-state index in [4.69, 9.17) is 0 Å². The normalized spacial score (nSPS) is 12.4. The third-order valence-electron chi connectivity index (χ3n) is 9.98. The maximum atomic E-state index is 11.0. The van der Waals surface area contributed by atoms with E-state index in [1.165, 1.54) is 154 Å². The predicted octanol–water partition coefficient (Wildman–Crippen LogP) is 9.48. The number of carboxylic acids is 2. The van der Waals surface area contributed by atoms with E-state index in [0.717, 1.165) is 39.0 Å². The number of carbonyl (C=O) groups excluding carboxylic acids is 2. The molecule has 2 unspecified atom stereocenters. The van der Waals surface area contributed by atoms with E-state index in [0.29, 0.717) is 0 Å².